The summed E-state index contributed by atoms with van der Waals surface area (Å²) in [6.45, 7) is 8.27. The van der Waals surface area contributed by atoms with Crippen LogP contribution < -0.4 is 0 Å². The standard InChI is InChI=1S/C23H25NO4/c1-5-28-22(27)19(14-15-10-12-16(13-11-15)23(2,3)4)24-20(25)17-8-6-7-9-18(17)21(24)26/h6-13,19H,5,14H2,1-4H3. The van der Waals surface area contributed by atoms with E-state index in [1.54, 1.807) is 31.2 Å². The highest BCUT2D eigenvalue weighted by atomic mass is 16.5. The monoisotopic (exact) mass is 379 g/mol. The van der Waals surface area contributed by atoms with Gasteiger partial charge in [-0.1, -0.05) is 57.2 Å². The minimum Gasteiger partial charge on any atom is -0.464 e. The van der Waals surface area contributed by atoms with Crippen molar-refractivity contribution in [2.75, 3.05) is 6.61 Å². The van der Waals surface area contributed by atoms with Crippen LogP contribution in [0, 0.1) is 0 Å². The van der Waals surface area contributed by atoms with Gasteiger partial charge in [0, 0.05) is 6.42 Å². The van der Waals surface area contributed by atoms with Crippen LogP contribution in [0.4, 0.5) is 0 Å². The molecule has 0 saturated carbocycles. The van der Waals surface area contributed by atoms with Gasteiger partial charge in [0.2, 0.25) is 0 Å². The molecule has 1 atom stereocenters. The van der Waals surface area contributed by atoms with Gasteiger partial charge in [-0.15, -0.1) is 0 Å². The Hall–Kier alpha value is -2.95. The molecular weight excluding hydrogens is 354 g/mol. The number of fused-ring (bicyclic) bond motifs is 1. The highest BCUT2D eigenvalue weighted by Crippen LogP contribution is 2.27. The zero-order valence-electron chi connectivity index (χ0n) is 16.7. The second-order valence-electron chi connectivity index (χ2n) is 7.94. The SMILES string of the molecule is CCOC(=O)C(Cc1ccc(C(C)(C)C)cc1)N1C(=O)c2ccccc2C1=O. The van der Waals surface area contributed by atoms with Crippen LogP contribution in [0.3, 0.4) is 0 Å². The van der Waals surface area contributed by atoms with Gasteiger partial charge in [0.05, 0.1) is 17.7 Å². The summed E-state index contributed by atoms with van der Waals surface area (Å²) >= 11 is 0. The Kier molecular flexibility index (Phi) is 5.36. The van der Waals surface area contributed by atoms with E-state index in [1.165, 1.54) is 5.56 Å². The Morgan fingerprint density at radius 3 is 1.96 bits per heavy atom. The van der Waals surface area contributed by atoms with Gasteiger partial charge in [0.25, 0.3) is 11.8 Å². The highest BCUT2D eigenvalue weighted by molar-refractivity contribution is 6.22. The molecular formula is C23H25NO4. The van der Waals surface area contributed by atoms with Crippen molar-refractivity contribution in [1.29, 1.82) is 0 Å². The number of nitrogens with zero attached hydrogens (tertiary/aromatic N) is 1. The van der Waals surface area contributed by atoms with Crippen molar-refractivity contribution < 1.29 is 19.1 Å². The minimum atomic E-state index is -0.993. The smallest absolute Gasteiger partial charge is 0.329 e. The number of benzene rings is 2. The normalized spacial score (nSPS) is 14.8. The molecule has 0 aliphatic carbocycles. The van der Waals surface area contributed by atoms with E-state index < -0.39 is 23.8 Å². The lowest BCUT2D eigenvalue weighted by atomic mass is 9.86. The number of carbonyl (C=O) groups excluding carboxylic acids is 3. The number of hydrogen-bond donors (Lipinski definition) is 0. The zero-order valence-corrected chi connectivity index (χ0v) is 16.7. The van der Waals surface area contributed by atoms with Crippen LogP contribution in [-0.2, 0) is 21.4 Å². The molecule has 5 heteroatoms. The van der Waals surface area contributed by atoms with Gasteiger partial charge in [-0.05, 0) is 35.6 Å². The number of ether oxygens (including phenoxy) is 1. The molecule has 2 aromatic carbocycles. The van der Waals surface area contributed by atoms with Gasteiger partial charge >= 0.3 is 5.97 Å². The van der Waals surface area contributed by atoms with Gasteiger partial charge in [0.15, 0.2) is 0 Å². The lowest BCUT2D eigenvalue weighted by Gasteiger charge is -2.25. The topological polar surface area (TPSA) is 63.7 Å². The third kappa shape index (κ3) is 3.70. The molecule has 0 fully saturated rings. The summed E-state index contributed by atoms with van der Waals surface area (Å²) in [6.07, 6.45) is 0.217. The van der Waals surface area contributed by atoms with Crippen molar-refractivity contribution in [3.63, 3.8) is 0 Å². The zero-order chi connectivity index (χ0) is 20.5. The van der Waals surface area contributed by atoms with Gasteiger partial charge in [0.1, 0.15) is 6.04 Å². The Morgan fingerprint density at radius 2 is 1.50 bits per heavy atom. The average molecular weight is 379 g/mol. The van der Waals surface area contributed by atoms with E-state index in [4.69, 9.17) is 4.74 Å². The van der Waals surface area contributed by atoms with E-state index in [9.17, 15) is 14.4 Å². The molecule has 3 rings (SSSR count). The molecule has 1 aliphatic heterocycles. The number of amides is 2. The first kappa shape index (κ1) is 19.8. The van der Waals surface area contributed by atoms with Crippen molar-refractivity contribution in [2.45, 2.75) is 45.6 Å². The molecule has 2 aromatic rings. The summed E-state index contributed by atoms with van der Waals surface area (Å²) in [5.41, 5.74) is 2.70. The first-order valence-corrected chi connectivity index (χ1v) is 9.47. The molecule has 146 valence electrons. The summed E-state index contributed by atoms with van der Waals surface area (Å²) in [5.74, 6) is -1.48. The van der Waals surface area contributed by atoms with Crippen LogP contribution in [0.15, 0.2) is 48.5 Å². The molecule has 28 heavy (non-hydrogen) atoms. The summed E-state index contributed by atoms with van der Waals surface area (Å²) < 4.78 is 5.18. The van der Waals surface area contributed by atoms with Crippen molar-refractivity contribution in [3.8, 4) is 0 Å². The van der Waals surface area contributed by atoms with Crippen LogP contribution in [0.5, 0.6) is 0 Å². The molecule has 0 spiro atoms. The molecule has 0 N–H and O–H groups in total. The molecule has 0 saturated heterocycles. The Bertz CT molecular complexity index is 874. The van der Waals surface area contributed by atoms with Gasteiger partial charge in [-0.2, -0.15) is 0 Å². The molecule has 0 aromatic heterocycles. The van der Waals surface area contributed by atoms with E-state index in [0.29, 0.717) is 11.1 Å². The predicted molar refractivity (Wildman–Crippen MR) is 106 cm³/mol. The highest BCUT2D eigenvalue weighted by Gasteiger charge is 2.43. The van der Waals surface area contributed by atoms with E-state index in [0.717, 1.165) is 10.5 Å². The third-order valence-electron chi connectivity index (χ3n) is 4.94. The van der Waals surface area contributed by atoms with Crippen molar-refractivity contribution in [1.82, 2.24) is 4.90 Å². The summed E-state index contributed by atoms with van der Waals surface area (Å²) in [4.78, 5) is 39.3. The van der Waals surface area contributed by atoms with Gasteiger partial charge < -0.3 is 4.74 Å². The average Bonchev–Trinajstić information content (AvgIpc) is 2.91. The van der Waals surface area contributed by atoms with Crippen LogP contribution in [0.1, 0.15) is 59.5 Å². The maximum absolute atomic E-state index is 12.8. The van der Waals surface area contributed by atoms with E-state index in [1.807, 2.05) is 24.3 Å². The minimum absolute atomic E-state index is 0.0155. The largest absolute Gasteiger partial charge is 0.464 e. The summed E-state index contributed by atoms with van der Waals surface area (Å²) in [6, 6.07) is 13.5. The van der Waals surface area contributed by atoms with Crippen molar-refractivity contribution >= 4 is 17.8 Å². The maximum Gasteiger partial charge on any atom is 0.329 e. The van der Waals surface area contributed by atoms with Crippen LogP contribution in [-0.4, -0.2) is 35.3 Å². The van der Waals surface area contributed by atoms with Crippen molar-refractivity contribution in [2.24, 2.45) is 0 Å². The quantitative estimate of drug-likeness (QED) is 0.586. The fourth-order valence-corrected chi connectivity index (χ4v) is 3.37. The Morgan fingerprint density at radius 1 is 0.964 bits per heavy atom. The fourth-order valence-electron chi connectivity index (χ4n) is 3.37. The lowest BCUT2D eigenvalue weighted by Crippen LogP contribution is -2.47. The van der Waals surface area contributed by atoms with Gasteiger partial charge in [-0.25, -0.2) is 4.79 Å². The first-order valence-electron chi connectivity index (χ1n) is 9.47. The first-order chi connectivity index (χ1) is 13.2. The van der Waals surface area contributed by atoms with Crippen LogP contribution in [0.2, 0.25) is 0 Å². The summed E-state index contributed by atoms with van der Waals surface area (Å²) in [5, 5.41) is 0. The molecule has 0 radical (unpaired) electrons. The van der Waals surface area contributed by atoms with E-state index >= 15 is 0 Å². The molecule has 1 aliphatic rings. The fraction of sp³-hybridized carbons (Fsp3) is 0.348. The number of carbonyl (C=O) groups is 3. The molecule has 2 amide bonds. The number of hydrogen-bond acceptors (Lipinski definition) is 4. The lowest BCUT2D eigenvalue weighted by molar-refractivity contribution is -0.147. The van der Waals surface area contributed by atoms with E-state index in [-0.39, 0.29) is 18.4 Å². The van der Waals surface area contributed by atoms with Crippen LogP contribution in [0.25, 0.3) is 0 Å². The Labute approximate surface area is 165 Å². The number of esters is 1. The van der Waals surface area contributed by atoms with Crippen molar-refractivity contribution in [3.05, 3.63) is 70.8 Å². The number of imide groups is 1. The summed E-state index contributed by atoms with van der Waals surface area (Å²) in [7, 11) is 0. The van der Waals surface area contributed by atoms with Crippen LogP contribution >= 0.6 is 0 Å². The molecule has 0 bridgehead atoms. The third-order valence-corrected chi connectivity index (χ3v) is 4.94. The molecule has 1 heterocycles. The predicted octanol–water partition coefficient (Wildman–Crippen LogP) is 3.75. The van der Waals surface area contributed by atoms with E-state index in [2.05, 4.69) is 20.8 Å². The second-order valence-corrected chi connectivity index (χ2v) is 7.94. The second kappa shape index (κ2) is 7.58. The number of rotatable bonds is 5. The molecule has 5 nitrogen and oxygen atoms in total. The van der Waals surface area contributed by atoms with Gasteiger partial charge in [-0.3, -0.25) is 14.5 Å². The Balaban J connectivity index is 1.92. The molecule has 1 unspecified atom stereocenters. The maximum atomic E-state index is 12.8.